The van der Waals surface area contributed by atoms with E-state index in [-0.39, 0.29) is 33.6 Å². The van der Waals surface area contributed by atoms with E-state index in [0.717, 1.165) is 25.7 Å². The molecule has 0 aromatic carbocycles. The van der Waals surface area contributed by atoms with Crippen LogP contribution < -0.4 is 0 Å². The monoisotopic (exact) mass is 394 g/mol. The van der Waals surface area contributed by atoms with Gasteiger partial charge in [-0.3, -0.25) is 9.59 Å². The maximum Gasteiger partial charge on any atom is 0.193 e. The number of carbonyl (C=O) groups excluding carboxylic acids is 2. The van der Waals surface area contributed by atoms with Crippen LogP contribution in [0.4, 0.5) is 0 Å². The summed E-state index contributed by atoms with van der Waals surface area (Å²) in [6.45, 7) is 4.40. The zero-order chi connectivity index (χ0) is 18.7. The fraction of sp³-hybridized carbons (Fsp3) is 0.714. The first kappa shape index (κ1) is 18.8. The van der Waals surface area contributed by atoms with Crippen LogP contribution in [0.5, 0.6) is 0 Å². The van der Waals surface area contributed by atoms with Gasteiger partial charge < -0.3 is 5.11 Å². The lowest BCUT2D eigenvalue weighted by Gasteiger charge is -2.58. The average Bonchev–Trinajstić information content (AvgIpc) is 2.92. The van der Waals surface area contributed by atoms with Crippen molar-refractivity contribution < 1.29 is 14.7 Å². The summed E-state index contributed by atoms with van der Waals surface area (Å²) in [5.41, 5.74) is 0.810. The third-order valence-electron chi connectivity index (χ3n) is 7.97. The molecular formula is C21H27ClO3S. The molecule has 0 aliphatic heterocycles. The average molecular weight is 395 g/mol. The summed E-state index contributed by atoms with van der Waals surface area (Å²) in [6.07, 6.45) is 9.61. The van der Waals surface area contributed by atoms with E-state index in [4.69, 9.17) is 11.6 Å². The highest BCUT2D eigenvalue weighted by Crippen LogP contribution is 2.66. The van der Waals surface area contributed by atoms with Crippen LogP contribution in [0.25, 0.3) is 0 Å². The number of hydrogen-bond acceptors (Lipinski definition) is 4. The third kappa shape index (κ3) is 2.59. The predicted molar refractivity (Wildman–Crippen MR) is 105 cm³/mol. The highest BCUT2D eigenvalue weighted by atomic mass is 35.5. The Labute approximate surface area is 164 Å². The minimum atomic E-state index is -0.442. The smallest absolute Gasteiger partial charge is 0.193 e. The molecule has 4 rings (SSSR count). The van der Waals surface area contributed by atoms with Gasteiger partial charge in [-0.2, -0.15) is 0 Å². The zero-order valence-corrected chi connectivity index (χ0v) is 17.0. The van der Waals surface area contributed by atoms with E-state index >= 15 is 0 Å². The molecule has 0 spiro atoms. The van der Waals surface area contributed by atoms with Gasteiger partial charge in [-0.25, -0.2) is 0 Å². The van der Waals surface area contributed by atoms with E-state index < -0.39 is 6.10 Å². The quantitative estimate of drug-likeness (QED) is 0.708. The Morgan fingerprint density at radius 3 is 2.85 bits per heavy atom. The van der Waals surface area contributed by atoms with Gasteiger partial charge in [0, 0.05) is 17.3 Å². The Morgan fingerprint density at radius 1 is 1.35 bits per heavy atom. The molecule has 2 unspecified atom stereocenters. The Hall–Kier alpha value is -0.580. The number of halogens is 1. The van der Waals surface area contributed by atoms with Gasteiger partial charge in [-0.1, -0.05) is 37.3 Å². The van der Waals surface area contributed by atoms with Gasteiger partial charge in [0.25, 0.3) is 0 Å². The summed E-state index contributed by atoms with van der Waals surface area (Å²) < 4.78 is 0. The molecule has 4 aliphatic rings. The van der Waals surface area contributed by atoms with E-state index in [1.54, 1.807) is 12.2 Å². The van der Waals surface area contributed by atoms with Crippen molar-refractivity contribution in [2.45, 2.75) is 52.1 Å². The summed E-state index contributed by atoms with van der Waals surface area (Å²) in [4.78, 5) is 24.5. The molecule has 7 atom stereocenters. The predicted octanol–water partition coefficient (Wildman–Crippen LogP) is 4.34. The molecule has 3 nitrogen and oxygen atoms in total. The number of aliphatic hydroxyl groups is 1. The summed E-state index contributed by atoms with van der Waals surface area (Å²) in [6, 6.07) is 0. The molecule has 5 heteroatoms. The lowest BCUT2D eigenvalue weighted by atomic mass is 9.47. The fourth-order valence-corrected chi connectivity index (χ4v) is 7.89. The molecule has 4 aliphatic carbocycles. The van der Waals surface area contributed by atoms with Gasteiger partial charge in [0.2, 0.25) is 0 Å². The van der Waals surface area contributed by atoms with Crippen LogP contribution in [0, 0.1) is 34.5 Å². The van der Waals surface area contributed by atoms with Crippen molar-refractivity contribution in [1.29, 1.82) is 0 Å². The highest BCUT2D eigenvalue weighted by Gasteiger charge is 2.62. The second kappa shape index (κ2) is 6.49. The van der Waals surface area contributed by atoms with Crippen molar-refractivity contribution in [2.24, 2.45) is 34.5 Å². The molecule has 0 radical (unpaired) electrons. The van der Waals surface area contributed by atoms with Crippen molar-refractivity contribution >= 4 is 34.3 Å². The van der Waals surface area contributed by atoms with Crippen LogP contribution in [-0.4, -0.2) is 27.3 Å². The summed E-state index contributed by atoms with van der Waals surface area (Å²) in [5.74, 6) is 1.07. The van der Waals surface area contributed by atoms with Crippen molar-refractivity contribution in [3.8, 4) is 0 Å². The number of allylic oxidation sites excluding steroid dienone is 4. The topological polar surface area (TPSA) is 54.4 Å². The molecule has 0 aromatic heterocycles. The van der Waals surface area contributed by atoms with Crippen molar-refractivity contribution in [2.75, 3.05) is 5.21 Å². The summed E-state index contributed by atoms with van der Waals surface area (Å²) >= 11 is 7.01. The zero-order valence-electron chi connectivity index (χ0n) is 15.4. The van der Waals surface area contributed by atoms with Crippen LogP contribution in [0.3, 0.4) is 0 Å². The molecule has 26 heavy (non-hydrogen) atoms. The van der Waals surface area contributed by atoms with E-state index in [2.05, 4.69) is 13.8 Å². The van der Waals surface area contributed by atoms with Gasteiger partial charge >= 0.3 is 0 Å². The van der Waals surface area contributed by atoms with Crippen LogP contribution in [0.1, 0.15) is 46.0 Å². The largest absolute Gasteiger partial charge is 0.393 e. The second-order valence-corrected chi connectivity index (χ2v) is 10.6. The van der Waals surface area contributed by atoms with Gasteiger partial charge in [0.15, 0.2) is 10.9 Å². The summed E-state index contributed by atoms with van der Waals surface area (Å²) in [7, 11) is 0. The third-order valence-corrected chi connectivity index (χ3v) is 8.98. The second-order valence-electron chi connectivity index (χ2n) is 9.00. The molecule has 3 saturated carbocycles. The Morgan fingerprint density at radius 2 is 2.12 bits per heavy atom. The number of thioether (sulfide) groups is 1. The molecule has 0 aromatic rings. The first-order chi connectivity index (χ1) is 12.3. The number of ketones is 1. The van der Waals surface area contributed by atoms with Gasteiger partial charge in [0.1, 0.15) is 0 Å². The van der Waals surface area contributed by atoms with Crippen molar-refractivity contribution in [3.63, 3.8) is 0 Å². The van der Waals surface area contributed by atoms with Crippen molar-refractivity contribution in [1.82, 2.24) is 0 Å². The molecule has 1 N–H and O–H groups in total. The Bertz CT molecular complexity index is 701. The standard InChI is InChI=1S/C21H27ClO3S/c1-20-8-7-13(23)9-12(20)3-4-14-15-5-6-16(19(25)26-11-22)21(15,2)10-17(24)18(14)20/h7-9,14-18,24H,3-6,10-11H2,1-2H3/t14-,15?,16+,17-,18?,20-,21-/m0/s1. The molecule has 0 amide bonds. The Kier molecular flexibility index (Phi) is 4.69. The number of aliphatic hydroxyl groups excluding tert-OH is 1. The van der Waals surface area contributed by atoms with Crippen LogP contribution in [0.15, 0.2) is 23.8 Å². The fourth-order valence-electron chi connectivity index (χ4n) is 6.87. The number of hydrogen-bond donors (Lipinski definition) is 1. The lowest BCUT2D eigenvalue weighted by molar-refractivity contribution is -0.132. The molecule has 142 valence electrons. The van der Waals surface area contributed by atoms with Gasteiger partial charge in [-0.05, 0) is 61.5 Å². The number of alkyl halides is 1. The van der Waals surface area contributed by atoms with E-state index in [9.17, 15) is 14.7 Å². The van der Waals surface area contributed by atoms with Gasteiger partial charge in [-0.15, -0.1) is 11.6 Å². The minimum absolute atomic E-state index is 0.0000656. The molecule has 3 fully saturated rings. The first-order valence-corrected chi connectivity index (χ1v) is 11.2. The minimum Gasteiger partial charge on any atom is -0.393 e. The Balaban J connectivity index is 1.68. The van der Waals surface area contributed by atoms with E-state index in [0.29, 0.717) is 23.5 Å². The normalized spacial score (nSPS) is 47.0. The number of carbonyl (C=O) groups is 2. The van der Waals surface area contributed by atoms with E-state index in [1.165, 1.54) is 17.3 Å². The lowest BCUT2D eigenvalue weighted by Crippen LogP contribution is -2.56. The van der Waals surface area contributed by atoms with Crippen LogP contribution >= 0.6 is 23.4 Å². The number of rotatable bonds is 2. The molecular weight excluding hydrogens is 368 g/mol. The molecule has 0 bridgehead atoms. The van der Waals surface area contributed by atoms with E-state index in [1.807, 2.05) is 6.08 Å². The van der Waals surface area contributed by atoms with Gasteiger partial charge in [0.05, 0.1) is 11.3 Å². The maximum absolute atomic E-state index is 12.6. The molecule has 0 saturated heterocycles. The van der Waals surface area contributed by atoms with Crippen LogP contribution in [0.2, 0.25) is 0 Å². The first-order valence-electron chi connectivity index (χ1n) is 9.66. The van der Waals surface area contributed by atoms with Crippen LogP contribution in [-0.2, 0) is 9.59 Å². The summed E-state index contributed by atoms with van der Waals surface area (Å²) in [5, 5.41) is 11.7. The number of fused-ring (bicyclic) bond motifs is 5. The SMILES string of the molecule is C[C@]12C=CC(=O)C=C1CC[C@@H]1C2[C@@H](O)C[C@@]2(C)C1CC[C@@H]2C(=O)SCCl. The highest BCUT2D eigenvalue weighted by molar-refractivity contribution is 8.14. The molecule has 0 heterocycles. The van der Waals surface area contributed by atoms with Crippen molar-refractivity contribution in [3.05, 3.63) is 23.8 Å². The maximum atomic E-state index is 12.6.